The zero-order valence-corrected chi connectivity index (χ0v) is 18.7. The fourth-order valence-electron chi connectivity index (χ4n) is 2.17. The molecule has 26 heavy (non-hydrogen) atoms. The van der Waals surface area contributed by atoms with Crippen molar-refractivity contribution in [3.8, 4) is 5.75 Å². The second kappa shape index (κ2) is 9.19. The number of halogens is 1. The number of benzene rings is 2. The van der Waals surface area contributed by atoms with Crippen LogP contribution in [0.2, 0.25) is 0 Å². The van der Waals surface area contributed by atoms with E-state index in [1.165, 1.54) is 0 Å². The fourth-order valence-corrected chi connectivity index (χ4v) is 9.55. The van der Waals surface area contributed by atoms with Crippen LogP contribution in [-0.2, 0) is 12.6 Å². The summed E-state index contributed by atoms with van der Waals surface area (Å²) in [5, 5.41) is 0. The molecule has 0 saturated heterocycles. The summed E-state index contributed by atoms with van der Waals surface area (Å²) in [6.07, 6.45) is 1.42. The Hall–Kier alpha value is -1.12. The Morgan fingerprint density at radius 3 is 2.23 bits per heavy atom. The molecule has 0 atom stereocenters. The molecule has 0 spiro atoms. The second-order valence-corrected chi connectivity index (χ2v) is 13.5. The molecule has 0 aliphatic rings. The molecule has 0 heterocycles. The maximum absolute atomic E-state index is 12.4. The normalized spacial score (nSPS) is 12.7. The van der Waals surface area contributed by atoms with E-state index in [0.29, 0.717) is 6.42 Å². The van der Waals surface area contributed by atoms with E-state index >= 15 is 0 Å². The third-order valence-electron chi connectivity index (χ3n) is 3.26. The molecule has 0 amide bonds. The summed E-state index contributed by atoms with van der Waals surface area (Å²) in [5.74, 6) is 0.783. The van der Waals surface area contributed by atoms with Crippen LogP contribution < -0.4 is 4.74 Å². The van der Waals surface area contributed by atoms with Crippen LogP contribution in [0.5, 0.6) is 5.75 Å². The Morgan fingerprint density at radius 1 is 0.962 bits per heavy atom. The molecule has 0 bridgehead atoms. The van der Waals surface area contributed by atoms with E-state index in [0.717, 1.165) is 19.3 Å². The number of ether oxygens (including phenoxy) is 1. The van der Waals surface area contributed by atoms with Gasteiger partial charge in [-0.2, -0.15) is 0 Å². The average Bonchev–Trinajstić information content (AvgIpc) is 2.57. The molecule has 0 N–H and O–H groups in total. The molecule has 0 saturated carbocycles. The van der Waals surface area contributed by atoms with Gasteiger partial charge in [0.05, 0.1) is 0 Å². The van der Waals surface area contributed by atoms with Gasteiger partial charge in [0.15, 0.2) is 0 Å². The Labute approximate surface area is 165 Å². The molecule has 2 aromatic carbocycles. The van der Waals surface area contributed by atoms with Crippen molar-refractivity contribution in [2.24, 2.45) is 0 Å². The third kappa shape index (κ3) is 6.89. The van der Waals surface area contributed by atoms with Crippen LogP contribution in [0.15, 0.2) is 54.6 Å². The van der Waals surface area contributed by atoms with Crippen LogP contribution >= 0.6 is 20.2 Å². The van der Waals surface area contributed by atoms with Crippen LogP contribution in [0.4, 0.5) is 0 Å². The van der Waals surface area contributed by atoms with E-state index in [9.17, 15) is 8.42 Å². The fraction of sp³-hybridized carbons (Fsp3) is 0.400. The Kier molecular flexibility index (Phi) is 7.49. The summed E-state index contributed by atoms with van der Waals surface area (Å²) in [7, 11) is -3.56. The van der Waals surface area contributed by atoms with E-state index in [2.05, 4.69) is 0 Å². The van der Waals surface area contributed by atoms with Crippen molar-refractivity contribution in [1.82, 2.24) is 0 Å². The van der Waals surface area contributed by atoms with Gasteiger partial charge in [-0.3, -0.25) is 0 Å². The Balaban J connectivity index is 2.37. The van der Waals surface area contributed by atoms with E-state index in [-0.39, 0.29) is 11.4 Å². The molecular weight excluding hydrogens is 463 g/mol. The first-order valence-corrected chi connectivity index (χ1v) is 13.3. The van der Waals surface area contributed by atoms with E-state index in [4.69, 9.17) is 7.25 Å². The SMILES string of the molecule is CCCCS(=O)(=O)OI(c1ccccc1)c1cccc(OC(C)(C)C)c1. The first-order valence-electron chi connectivity index (χ1n) is 8.67. The molecule has 2 aromatic rings. The van der Waals surface area contributed by atoms with Gasteiger partial charge in [0.25, 0.3) is 0 Å². The van der Waals surface area contributed by atoms with Crippen LogP contribution in [0, 0.1) is 7.14 Å². The van der Waals surface area contributed by atoms with Gasteiger partial charge in [0, 0.05) is 0 Å². The van der Waals surface area contributed by atoms with E-state index in [1.807, 2.05) is 82.3 Å². The zero-order valence-electron chi connectivity index (χ0n) is 15.7. The summed E-state index contributed by atoms with van der Waals surface area (Å²) < 4.78 is 38.5. The Bertz CT molecular complexity index is 798. The number of hydrogen-bond acceptors (Lipinski definition) is 4. The second-order valence-electron chi connectivity index (χ2n) is 6.89. The van der Waals surface area contributed by atoms with Gasteiger partial charge in [0.1, 0.15) is 0 Å². The number of rotatable bonds is 8. The molecule has 0 aromatic heterocycles. The molecule has 0 aliphatic carbocycles. The van der Waals surface area contributed by atoms with Crippen molar-refractivity contribution in [2.75, 3.05) is 5.75 Å². The predicted octanol–water partition coefficient (Wildman–Crippen LogP) is 5.47. The van der Waals surface area contributed by atoms with Crippen LogP contribution in [-0.4, -0.2) is 19.8 Å². The molecule has 2 rings (SSSR count). The summed E-state index contributed by atoms with van der Waals surface area (Å²) in [6.45, 7) is 7.92. The van der Waals surface area contributed by atoms with Gasteiger partial charge in [-0.05, 0) is 0 Å². The summed E-state index contributed by atoms with van der Waals surface area (Å²) in [5.41, 5.74) is -0.321. The number of hydrogen-bond donors (Lipinski definition) is 0. The predicted molar refractivity (Wildman–Crippen MR) is 114 cm³/mol. The summed E-state index contributed by atoms with van der Waals surface area (Å²) in [6, 6.07) is 17.3. The molecule has 0 fully saturated rings. The first kappa shape index (κ1) is 21.2. The minimum atomic E-state index is -3.56. The Morgan fingerprint density at radius 2 is 1.62 bits per heavy atom. The summed E-state index contributed by atoms with van der Waals surface area (Å²) in [4.78, 5) is 0. The average molecular weight is 490 g/mol. The zero-order chi connectivity index (χ0) is 19.2. The van der Waals surface area contributed by atoms with E-state index in [1.54, 1.807) is 0 Å². The van der Waals surface area contributed by atoms with Crippen molar-refractivity contribution in [3.63, 3.8) is 0 Å². The van der Waals surface area contributed by atoms with Crippen LogP contribution in [0.3, 0.4) is 0 Å². The molecule has 144 valence electrons. The standard InChI is InChI=1S/C20H27IO4S/c1-5-6-15-26(22,23)25-21(17-11-8-7-9-12-17)18-13-10-14-19(16-18)24-20(2,3)4/h7-14,16H,5-6,15H2,1-4H3. The van der Waals surface area contributed by atoms with Gasteiger partial charge in [-0.1, -0.05) is 0 Å². The van der Waals surface area contributed by atoms with Crippen LogP contribution in [0.25, 0.3) is 0 Å². The maximum atomic E-state index is 12.4. The monoisotopic (exact) mass is 490 g/mol. The van der Waals surface area contributed by atoms with Gasteiger partial charge in [0.2, 0.25) is 0 Å². The topological polar surface area (TPSA) is 52.6 Å². The van der Waals surface area contributed by atoms with Crippen molar-refractivity contribution in [1.29, 1.82) is 0 Å². The van der Waals surface area contributed by atoms with Crippen molar-refractivity contribution >= 4 is 30.4 Å². The quantitative estimate of drug-likeness (QED) is 0.461. The van der Waals surface area contributed by atoms with Crippen molar-refractivity contribution < 1.29 is 15.7 Å². The van der Waals surface area contributed by atoms with E-state index < -0.39 is 30.4 Å². The van der Waals surface area contributed by atoms with Gasteiger partial charge >= 0.3 is 165 Å². The molecule has 0 radical (unpaired) electrons. The van der Waals surface area contributed by atoms with Crippen molar-refractivity contribution in [3.05, 3.63) is 61.7 Å². The molecule has 6 heteroatoms. The van der Waals surface area contributed by atoms with Gasteiger partial charge in [-0.15, -0.1) is 0 Å². The van der Waals surface area contributed by atoms with Gasteiger partial charge < -0.3 is 0 Å². The number of unbranched alkanes of at least 4 members (excludes halogenated alkanes) is 1. The molecule has 0 unspecified atom stereocenters. The molecule has 4 nitrogen and oxygen atoms in total. The minimum absolute atomic E-state index is 0.0580. The first-order chi connectivity index (χ1) is 12.2. The summed E-state index contributed by atoms with van der Waals surface area (Å²) >= 11 is -2.60. The van der Waals surface area contributed by atoms with Crippen LogP contribution in [0.1, 0.15) is 40.5 Å². The third-order valence-corrected chi connectivity index (χ3v) is 10.7. The molecular formula is C20H27IO4S. The van der Waals surface area contributed by atoms with Gasteiger partial charge in [-0.25, -0.2) is 0 Å². The molecule has 0 aliphatic heterocycles. The van der Waals surface area contributed by atoms with Crippen molar-refractivity contribution in [2.45, 2.75) is 46.1 Å².